The van der Waals surface area contributed by atoms with Crippen LogP contribution in [0.1, 0.15) is 20.8 Å². The summed E-state index contributed by atoms with van der Waals surface area (Å²) in [7, 11) is 0. The lowest BCUT2D eigenvalue weighted by atomic mass is 9.80. The molecule has 0 fully saturated rings. The highest BCUT2D eigenvalue weighted by atomic mass is 32.1. The van der Waals surface area contributed by atoms with Crippen LogP contribution in [0.2, 0.25) is 0 Å². The second-order valence-electron chi connectivity index (χ2n) is 4.29. The number of carbonyl (C=O) groups is 2. The number of nitrogens with zero attached hydrogens (tertiary/aromatic N) is 3. The molecular formula is C8H12N4O3S. The minimum Gasteiger partial charge on any atom is -0.481 e. The smallest absolute Gasteiger partial charge is 0.316 e. The van der Waals surface area contributed by atoms with Gasteiger partial charge in [-0.2, -0.15) is 0 Å². The Labute approximate surface area is 96.0 Å². The normalized spacial score (nSPS) is 13.2. The van der Waals surface area contributed by atoms with E-state index in [-0.39, 0.29) is 5.13 Å². The van der Waals surface area contributed by atoms with Crippen molar-refractivity contribution in [2.45, 2.75) is 20.8 Å². The van der Waals surface area contributed by atoms with E-state index >= 15 is 0 Å². The van der Waals surface area contributed by atoms with Gasteiger partial charge in [0.15, 0.2) is 0 Å². The minimum atomic E-state index is -1.16. The summed E-state index contributed by atoms with van der Waals surface area (Å²) in [5.41, 5.74) is -0.673. The van der Waals surface area contributed by atoms with Gasteiger partial charge in [0.25, 0.3) is 0 Å². The van der Waals surface area contributed by atoms with Crippen molar-refractivity contribution < 1.29 is 14.7 Å². The molecule has 2 N–H and O–H groups in total. The first-order valence-corrected chi connectivity index (χ1v) is 5.28. The highest BCUT2D eigenvalue weighted by molar-refractivity contribution is 7.09. The summed E-state index contributed by atoms with van der Waals surface area (Å²) >= 11 is 0.894. The van der Waals surface area contributed by atoms with Crippen LogP contribution in [0.3, 0.4) is 0 Å². The quantitative estimate of drug-likeness (QED) is 0.755. The molecule has 88 valence electrons. The molecule has 1 aromatic rings. The van der Waals surface area contributed by atoms with Gasteiger partial charge >= 0.3 is 5.97 Å². The highest BCUT2D eigenvalue weighted by Gasteiger charge is 2.38. The number of carbonyl (C=O) groups excluding carboxylic acids is 1. The summed E-state index contributed by atoms with van der Waals surface area (Å²) in [5.74, 6) is -2.92. The molecule has 0 radical (unpaired) electrons. The third kappa shape index (κ3) is 2.96. The molecule has 0 aliphatic carbocycles. The SMILES string of the molecule is CC(C)(C)C(C(=O)O)C(=O)Nc1nnns1. The van der Waals surface area contributed by atoms with Gasteiger partial charge in [-0.05, 0) is 10.6 Å². The molecule has 0 aromatic carbocycles. The largest absolute Gasteiger partial charge is 0.481 e. The predicted molar refractivity (Wildman–Crippen MR) is 56.9 cm³/mol. The Bertz CT molecular complexity index is 384. The number of rotatable bonds is 3. The van der Waals surface area contributed by atoms with Gasteiger partial charge in [-0.15, -0.1) is 0 Å². The van der Waals surface area contributed by atoms with Crippen molar-refractivity contribution in [2.24, 2.45) is 11.3 Å². The fraction of sp³-hybridized carbons (Fsp3) is 0.625. The number of aliphatic carboxylic acids is 1. The van der Waals surface area contributed by atoms with Crippen LogP contribution in [0.15, 0.2) is 0 Å². The van der Waals surface area contributed by atoms with Crippen LogP contribution in [0, 0.1) is 11.3 Å². The number of aromatic nitrogens is 3. The second kappa shape index (κ2) is 4.52. The lowest BCUT2D eigenvalue weighted by Crippen LogP contribution is -2.39. The minimum absolute atomic E-state index is 0.195. The molecule has 1 amide bonds. The topological polar surface area (TPSA) is 105 Å². The van der Waals surface area contributed by atoms with E-state index in [1.807, 2.05) is 0 Å². The van der Waals surface area contributed by atoms with Crippen molar-refractivity contribution in [1.29, 1.82) is 0 Å². The van der Waals surface area contributed by atoms with Crippen molar-refractivity contribution in [1.82, 2.24) is 14.8 Å². The van der Waals surface area contributed by atoms with Crippen molar-refractivity contribution in [2.75, 3.05) is 5.32 Å². The lowest BCUT2D eigenvalue weighted by Gasteiger charge is -2.25. The molecule has 0 aliphatic heterocycles. The van der Waals surface area contributed by atoms with Crippen molar-refractivity contribution in [3.05, 3.63) is 0 Å². The number of carboxylic acid groups (broad SMARTS) is 1. The maximum Gasteiger partial charge on any atom is 0.316 e. The molecular weight excluding hydrogens is 232 g/mol. The van der Waals surface area contributed by atoms with Gasteiger partial charge in [-0.3, -0.25) is 14.9 Å². The van der Waals surface area contributed by atoms with Crippen molar-refractivity contribution in [3.8, 4) is 0 Å². The van der Waals surface area contributed by atoms with Gasteiger partial charge in [-0.1, -0.05) is 30.4 Å². The Hall–Kier alpha value is -1.57. The third-order valence-electron chi connectivity index (χ3n) is 1.90. The van der Waals surface area contributed by atoms with Crippen LogP contribution < -0.4 is 5.32 Å². The molecule has 1 aromatic heterocycles. The Kier molecular flexibility index (Phi) is 3.53. The van der Waals surface area contributed by atoms with E-state index in [0.29, 0.717) is 0 Å². The Balaban J connectivity index is 2.81. The van der Waals surface area contributed by atoms with E-state index < -0.39 is 23.2 Å². The molecule has 0 spiro atoms. The molecule has 0 aliphatic rings. The fourth-order valence-corrected chi connectivity index (χ4v) is 1.60. The van der Waals surface area contributed by atoms with Crippen molar-refractivity contribution in [3.63, 3.8) is 0 Å². The number of amides is 1. The summed E-state index contributed by atoms with van der Waals surface area (Å²) in [4.78, 5) is 22.7. The Morgan fingerprint density at radius 2 is 2.06 bits per heavy atom. The molecule has 0 bridgehead atoms. The molecule has 7 nitrogen and oxygen atoms in total. The van der Waals surface area contributed by atoms with Crippen LogP contribution in [0.25, 0.3) is 0 Å². The van der Waals surface area contributed by atoms with Crippen molar-refractivity contribution >= 4 is 28.5 Å². The zero-order chi connectivity index (χ0) is 12.3. The van der Waals surface area contributed by atoms with Crippen LogP contribution in [0.4, 0.5) is 5.13 Å². The molecule has 1 rings (SSSR count). The lowest BCUT2D eigenvalue weighted by molar-refractivity contribution is -0.149. The number of anilines is 1. The molecule has 8 heteroatoms. The fourth-order valence-electron chi connectivity index (χ4n) is 1.24. The first-order valence-electron chi connectivity index (χ1n) is 4.51. The summed E-state index contributed by atoms with van der Waals surface area (Å²) in [6.07, 6.45) is 0. The van der Waals surface area contributed by atoms with Gasteiger partial charge < -0.3 is 5.11 Å². The van der Waals surface area contributed by atoms with Gasteiger partial charge in [0, 0.05) is 11.5 Å². The van der Waals surface area contributed by atoms with E-state index in [9.17, 15) is 9.59 Å². The van der Waals surface area contributed by atoms with Gasteiger partial charge in [0.2, 0.25) is 11.0 Å². The molecule has 1 atom stereocenters. The van der Waals surface area contributed by atoms with Gasteiger partial charge in [0.05, 0.1) is 0 Å². The number of carboxylic acids is 1. The van der Waals surface area contributed by atoms with E-state index in [4.69, 9.17) is 5.11 Å². The van der Waals surface area contributed by atoms with Gasteiger partial charge in [0.1, 0.15) is 5.92 Å². The predicted octanol–water partition coefficient (Wildman–Crippen LogP) is 0.618. The zero-order valence-electron chi connectivity index (χ0n) is 9.09. The van der Waals surface area contributed by atoms with E-state index in [2.05, 4.69) is 20.1 Å². The third-order valence-corrected chi connectivity index (χ3v) is 2.42. The molecule has 0 saturated heterocycles. The van der Waals surface area contributed by atoms with E-state index in [0.717, 1.165) is 11.5 Å². The maximum absolute atomic E-state index is 11.7. The van der Waals surface area contributed by atoms with E-state index in [1.165, 1.54) is 0 Å². The van der Waals surface area contributed by atoms with Gasteiger partial charge in [-0.25, -0.2) is 0 Å². The number of hydrogen-bond acceptors (Lipinski definition) is 6. The monoisotopic (exact) mass is 244 g/mol. The number of hydrogen-bond donors (Lipinski definition) is 2. The highest BCUT2D eigenvalue weighted by Crippen LogP contribution is 2.27. The Morgan fingerprint density at radius 1 is 1.44 bits per heavy atom. The van der Waals surface area contributed by atoms with Crippen LogP contribution >= 0.6 is 11.5 Å². The van der Waals surface area contributed by atoms with Crippen LogP contribution in [0.5, 0.6) is 0 Å². The maximum atomic E-state index is 11.7. The first-order chi connectivity index (χ1) is 7.32. The summed E-state index contributed by atoms with van der Waals surface area (Å²) in [5, 5.41) is 18.4. The van der Waals surface area contributed by atoms with E-state index in [1.54, 1.807) is 20.8 Å². The van der Waals surface area contributed by atoms with Crippen LogP contribution in [-0.2, 0) is 9.59 Å². The molecule has 1 unspecified atom stereocenters. The summed E-state index contributed by atoms with van der Waals surface area (Å²) < 4.78 is 3.46. The molecule has 1 heterocycles. The average Bonchev–Trinajstić information content (AvgIpc) is 2.52. The zero-order valence-corrected chi connectivity index (χ0v) is 9.91. The second-order valence-corrected chi connectivity index (χ2v) is 5.03. The average molecular weight is 244 g/mol. The number of nitrogens with one attached hydrogen (secondary N) is 1. The van der Waals surface area contributed by atoms with Crippen LogP contribution in [-0.4, -0.2) is 31.8 Å². The summed E-state index contributed by atoms with van der Waals surface area (Å²) in [6, 6.07) is 0. The first kappa shape index (κ1) is 12.5. The molecule has 0 saturated carbocycles. The standard InChI is InChI=1S/C8H12N4O3S/c1-8(2,3)4(6(14)15)5(13)9-7-10-11-12-16-7/h4H,1-3H3,(H,14,15)(H,9,10,12,13). The summed E-state index contributed by atoms with van der Waals surface area (Å²) in [6.45, 7) is 5.05. The Morgan fingerprint density at radius 3 is 2.44 bits per heavy atom. The molecule has 16 heavy (non-hydrogen) atoms.